The van der Waals surface area contributed by atoms with Gasteiger partial charge in [0.1, 0.15) is 6.61 Å². The number of benzene rings is 1. The smallest absolute Gasteiger partial charge is 0.410 e. The largest absolute Gasteiger partial charge is 0.445 e. The first kappa shape index (κ1) is 17.3. The lowest BCUT2D eigenvalue weighted by atomic mass is 9.64. The average Bonchev–Trinajstić information content (AvgIpc) is 2.61. The highest BCUT2D eigenvalue weighted by atomic mass is 16.6. The summed E-state index contributed by atoms with van der Waals surface area (Å²) < 4.78 is 5.46. The van der Waals surface area contributed by atoms with E-state index in [9.17, 15) is 4.79 Å². The second-order valence-corrected chi connectivity index (χ2v) is 7.72. The Morgan fingerprint density at radius 2 is 1.83 bits per heavy atom. The molecule has 1 saturated heterocycles. The lowest BCUT2D eigenvalue weighted by Gasteiger charge is -2.46. The van der Waals surface area contributed by atoms with Crippen LogP contribution in [0.25, 0.3) is 0 Å². The third-order valence-electron chi connectivity index (χ3n) is 6.12. The molecule has 4 heteroatoms. The van der Waals surface area contributed by atoms with Crippen molar-refractivity contribution in [1.82, 2.24) is 4.90 Å². The molecule has 0 aromatic heterocycles. The van der Waals surface area contributed by atoms with Crippen molar-refractivity contribution in [2.24, 2.45) is 17.1 Å². The first-order valence-corrected chi connectivity index (χ1v) is 9.29. The molecule has 0 radical (unpaired) electrons. The van der Waals surface area contributed by atoms with Crippen LogP contribution < -0.4 is 5.73 Å². The van der Waals surface area contributed by atoms with Gasteiger partial charge in [-0.3, -0.25) is 0 Å². The molecule has 1 aromatic rings. The molecule has 1 spiro atoms. The van der Waals surface area contributed by atoms with Gasteiger partial charge in [0.25, 0.3) is 0 Å². The maximum Gasteiger partial charge on any atom is 0.410 e. The van der Waals surface area contributed by atoms with Gasteiger partial charge < -0.3 is 15.4 Å². The second-order valence-electron chi connectivity index (χ2n) is 7.72. The van der Waals surface area contributed by atoms with Crippen molar-refractivity contribution < 1.29 is 9.53 Å². The summed E-state index contributed by atoms with van der Waals surface area (Å²) in [6.07, 6.45) is 7.08. The summed E-state index contributed by atoms with van der Waals surface area (Å²) in [6, 6.07) is 10.2. The normalized spacial score (nSPS) is 22.3. The summed E-state index contributed by atoms with van der Waals surface area (Å²) in [5, 5.41) is 0. The number of carbonyl (C=O) groups is 1. The van der Waals surface area contributed by atoms with Crippen molar-refractivity contribution in [2.75, 3.05) is 13.1 Å². The Balaban J connectivity index is 1.44. The van der Waals surface area contributed by atoms with E-state index in [1.165, 1.54) is 25.7 Å². The lowest BCUT2D eigenvalue weighted by molar-refractivity contribution is 0.0350. The van der Waals surface area contributed by atoms with Crippen LogP contribution in [0, 0.1) is 11.3 Å². The molecule has 3 rings (SSSR count). The Morgan fingerprint density at radius 3 is 2.42 bits per heavy atom. The molecule has 1 aromatic carbocycles. The highest BCUT2D eigenvalue weighted by molar-refractivity contribution is 5.67. The van der Waals surface area contributed by atoms with E-state index in [2.05, 4.69) is 6.92 Å². The van der Waals surface area contributed by atoms with Crippen LogP contribution in [0.3, 0.4) is 0 Å². The van der Waals surface area contributed by atoms with Gasteiger partial charge in [-0.25, -0.2) is 4.79 Å². The van der Waals surface area contributed by atoms with E-state index in [0.29, 0.717) is 24.0 Å². The third kappa shape index (κ3) is 4.10. The molecule has 24 heavy (non-hydrogen) atoms. The van der Waals surface area contributed by atoms with Crippen LogP contribution in [-0.4, -0.2) is 30.1 Å². The fourth-order valence-corrected chi connectivity index (χ4v) is 4.25. The van der Waals surface area contributed by atoms with Gasteiger partial charge in [0.15, 0.2) is 0 Å². The molecular formula is C20H30N2O2. The summed E-state index contributed by atoms with van der Waals surface area (Å²) in [6.45, 7) is 4.15. The zero-order chi connectivity index (χ0) is 17.0. The summed E-state index contributed by atoms with van der Waals surface area (Å²) in [5.41, 5.74) is 7.54. The molecule has 132 valence electrons. The van der Waals surface area contributed by atoms with Gasteiger partial charge in [-0.1, -0.05) is 30.3 Å². The van der Waals surface area contributed by atoms with E-state index in [4.69, 9.17) is 10.5 Å². The number of nitrogens with zero attached hydrogens (tertiary/aromatic N) is 1. The number of rotatable bonds is 3. The van der Waals surface area contributed by atoms with E-state index in [-0.39, 0.29) is 6.09 Å². The van der Waals surface area contributed by atoms with Gasteiger partial charge in [0, 0.05) is 19.1 Å². The van der Waals surface area contributed by atoms with E-state index < -0.39 is 0 Å². The van der Waals surface area contributed by atoms with Crippen LogP contribution >= 0.6 is 0 Å². The first-order valence-electron chi connectivity index (χ1n) is 9.29. The van der Waals surface area contributed by atoms with Crippen molar-refractivity contribution in [3.05, 3.63) is 35.9 Å². The van der Waals surface area contributed by atoms with Crippen LogP contribution in [0.4, 0.5) is 4.79 Å². The molecule has 1 aliphatic carbocycles. The summed E-state index contributed by atoms with van der Waals surface area (Å²) in [7, 11) is 0. The van der Waals surface area contributed by atoms with E-state index in [1.807, 2.05) is 35.2 Å². The van der Waals surface area contributed by atoms with Crippen molar-refractivity contribution in [2.45, 2.75) is 58.1 Å². The van der Waals surface area contributed by atoms with E-state index in [0.717, 1.165) is 31.5 Å². The van der Waals surface area contributed by atoms with Crippen LogP contribution in [0.1, 0.15) is 51.0 Å². The van der Waals surface area contributed by atoms with Crippen molar-refractivity contribution >= 4 is 6.09 Å². The molecule has 1 amide bonds. The quantitative estimate of drug-likeness (QED) is 0.913. The van der Waals surface area contributed by atoms with Crippen LogP contribution in [0.2, 0.25) is 0 Å². The van der Waals surface area contributed by atoms with Crippen molar-refractivity contribution in [3.63, 3.8) is 0 Å². The number of hydrogen-bond acceptors (Lipinski definition) is 3. The molecule has 2 N–H and O–H groups in total. The molecule has 1 heterocycles. The fraction of sp³-hybridized carbons (Fsp3) is 0.650. The van der Waals surface area contributed by atoms with Crippen LogP contribution in [0.15, 0.2) is 30.3 Å². The molecule has 0 unspecified atom stereocenters. The standard InChI is InChI=1S/C20H30N2O2/c1-16(21)18-7-9-20(10-8-18)11-13-22(14-12-20)19(23)24-15-17-5-3-2-4-6-17/h2-6,16,18H,7-15,21H2,1H3/t16-/m1/s1. The average molecular weight is 330 g/mol. The van der Waals surface area contributed by atoms with Gasteiger partial charge in [0.05, 0.1) is 0 Å². The summed E-state index contributed by atoms with van der Waals surface area (Å²) >= 11 is 0. The number of piperidine rings is 1. The molecule has 2 aliphatic rings. The molecule has 2 fully saturated rings. The number of nitrogens with two attached hydrogens (primary N) is 1. The maximum atomic E-state index is 12.3. The van der Waals surface area contributed by atoms with E-state index >= 15 is 0 Å². The second kappa shape index (κ2) is 7.56. The fourth-order valence-electron chi connectivity index (χ4n) is 4.25. The Morgan fingerprint density at radius 1 is 1.21 bits per heavy atom. The van der Waals surface area contributed by atoms with Gasteiger partial charge in [-0.05, 0) is 62.3 Å². The zero-order valence-electron chi connectivity index (χ0n) is 14.7. The predicted molar refractivity (Wildman–Crippen MR) is 95.5 cm³/mol. The summed E-state index contributed by atoms with van der Waals surface area (Å²) in [4.78, 5) is 14.2. The van der Waals surface area contributed by atoms with Gasteiger partial charge in [0.2, 0.25) is 0 Å². The first-order chi connectivity index (χ1) is 11.6. The molecule has 1 aliphatic heterocycles. The van der Waals surface area contributed by atoms with Crippen LogP contribution in [-0.2, 0) is 11.3 Å². The highest BCUT2D eigenvalue weighted by Crippen LogP contribution is 2.46. The number of likely N-dealkylation sites (tertiary alicyclic amines) is 1. The Kier molecular flexibility index (Phi) is 5.44. The number of hydrogen-bond donors (Lipinski definition) is 1. The lowest BCUT2D eigenvalue weighted by Crippen LogP contribution is -2.45. The molecule has 1 atom stereocenters. The minimum Gasteiger partial charge on any atom is -0.445 e. The maximum absolute atomic E-state index is 12.3. The number of amides is 1. The van der Waals surface area contributed by atoms with Gasteiger partial charge in [-0.2, -0.15) is 0 Å². The minimum absolute atomic E-state index is 0.169. The monoisotopic (exact) mass is 330 g/mol. The van der Waals surface area contributed by atoms with Gasteiger partial charge in [-0.15, -0.1) is 0 Å². The number of carbonyl (C=O) groups excluding carboxylic acids is 1. The molecule has 0 bridgehead atoms. The number of ether oxygens (including phenoxy) is 1. The molecule has 4 nitrogen and oxygen atoms in total. The van der Waals surface area contributed by atoms with Crippen molar-refractivity contribution in [1.29, 1.82) is 0 Å². The minimum atomic E-state index is -0.169. The van der Waals surface area contributed by atoms with E-state index in [1.54, 1.807) is 0 Å². The van der Waals surface area contributed by atoms with Crippen molar-refractivity contribution in [3.8, 4) is 0 Å². The van der Waals surface area contributed by atoms with Crippen LogP contribution in [0.5, 0.6) is 0 Å². The predicted octanol–water partition coefficient (Wildman–Crippen LogP) is 3.94. The molecule has 1 saturated carbocycles. The Hall–Kier alpha value is -1.55. The SMILES string of the molecule is C[C@@H](N)C1CCC2(CC1)CCN(C(=O)OCc1ccccc1)CC2. The zero-order valence-corrected chi connectivity index (χ0v) is 14.7. The highest BCUT2D eigenvalue weighted by Gasteiger charge is 2.39. The summed E-state index contributed by atoms with van der Waals surface area (Å²) in [5.74, 6) is 0.685. The van der Waals surface area contributed by atoms with Gasteiger partial charge >= 0.3 is 6.09 Å². The Labute approximate surface area is 145 Å². The Bertz CT molecular complexity index is 526. The molecular weight excluding hydrogens is 300 g/mol. The third-order valence-corrected chi connectivity index (χ3v) is 6.12. The topological polar surface area (TPSA) is 55.6 Å².